The number of hydrogen-bond donors (Lipinski definition) is 4. The maximum atomic E-state index is 11.8. The maximum absolute atomic E-state index is 11.8. The number of benzene rings is 1. The number of nitrogens with one attached hydrogen (secondary N) is 3. The molecule has 0 saturated carbocycles. The van der Waals surface area contributed by atoms with E-state index in [1.807, 2.05) is 37.3 Å². The van der Waals surface area contributed by atoms with E-state index in [1.165, 1.54) is 0 Å². The molecule has 6 nitrogen and oxygen atoms in total. The highest BCUT2D eigenvalue weighted by Gasteiger charge is 2.09. The summed E-state index contributed by atoms with van der Waals surface area (Å²) in [5.41, 5.74) is 6.40. The normalized spacial score (nSPS) is 12.1. The van der Waals surface area contributed by atoms with Crippen LogP contribution in [-0.4, -0.2) is 51.3 Å². The van der Waals surface area contributed by atoms with Crippen molar-refractivity contribution in [3.05, 3.63) is 35.9 Å². The Kier molecular flexibility index (Phi) is 11.1. The molecule has 0 bridgehead atoms. The van der Waals surface area contributed by atoms with Gasteiger partial charge in [-0.1, -0.05) is 30.3 Å². The fraction of sp³-hybridized carbons (Fsp3) is 0.588. The van der Waals surface area contributed by atoms with E-state index in [9.17, 15) is 4.79 Å². The molecule has 1 unspecified atom stereocenters. The van der Waals surface area contributed by atoms with Gasteiger partial charge in [0.2, 0.25) is 0 Å². The van der Waals surface area contributed by atoms with Crippen molar-refractivity contribution in [2.24, 2.45) is 5.73 Å². The third kappa shape index (κ3) is 10.8. The SMILES string of the molecule is CC(CC(=O)OCc1ccccc1)NCCNCCNCCN. The molecule has 0 heterocycles. The van der Waals surface area contributed by atoms with E-state index < -0.39 is 0 Å². The zero-order chi connectivity index (χ0) is 16.8. The van der Waals surface area contributed by atoms with Crippen molar-refractivity contribution in [3.63, 3.8) is 0 Å². The smallest absolute Gasteiger partial charge is 0.307 e. The Labute approximate surface area is 139 Å². The quantitative estimate of drug-likeness (QED) is 0.307. The second-order valence-electron chi connectivity index (χ2n) is 5.49. The van der Waals surface area contributed by atoms with Gasteiger partial charge in [-0.25, -0.2) is 0 Å². The van der Waals surface area contributed by atoms with E-state index in [4.69, 9.17) is 10.5 Å². The standard InChI is InChI=1S/C17H30N4O2/c1-15(21-12-11-20-10-9-19-8-7-18)13-17(22)23-14-16-5-3-2-4-6-16/h2-6,15,19-21H,7-14,18H2,1H3. The fourth-order valence-corrected chi connectivity index (χ4v) is 2.05. The third-order valence-corrected chi connectivity index (χ3v) is 3.31. The number of nitrogens with two attached hydrogens (primary N) is 1. The summed E-state index contributed by atoms with van der Waals surface area (Å²) in [5.74, 6) is -0.173. The molecule has 130 valence electrons. The third-order valence-electron chi connectivity index (χ3n) is 3.31. The Hall–Kier alpha value is -1.47. The summed E-state index contributed by atoms with van der Waals surface area (Å²) in [6, 6.07) is 9.82. The van der Waals surface area contributed by atoms with Gasteiger partial charge < -0.3 is 26.4 Å². The first-order valence-electron chi connectivity index (χ1n) is 8.27. The minimum Gasteiger partial charge on any atom is -0.461 e. The van der Waals surface area contributed by atoms with Crippen LogP contribution in [0.1, 0.15) is 18.9 Å². The van der Waals surface area contributed by atoms with Gasteiger partial charge in [-0.15, -0.1) is 0 Å². The maximum Gasteiger partial charge on any atom is 0.307 e. The predicted octanol–water partition coefficient (Wildman–Crippen LogP) is 0.236. The fourth-order valence-electron chi connectivity index (χ4n) is 2.05. The van der Waals surface area contributed by atoms with Gasteiger partial charge in [0.15, 0.2) is 0 Å². The van der Waals surface area contributed by atoms with Crippen LogP contribution in [0.2, 0.25) is 0 Å². The van der Waals surface area contributed by atoms with Crippen LogP contribution in [0.3, 0.4) is 0 Å². The molecule has 1 aromatic carbocycles. The van der Waals surface area contributed by atoms with Crippen LogP contribution in [0.25, 0.3) is 0 Å². The molecule has 1 rings (SSSR count). The highest BCUT2D eigenvalue weighted by molar-refractivity contribution is 5.70. The molecule has 0 fully saturated rings. The molecule has 0 amide bonds. The minimum atomic E-state index is -0.173. The molecule has 23 heavy (non-hydrogen) atoms. The molecule has 0 aromatic heterocycles. The van der Waals surface area contributed by atoms with Gasteiger partial charge in [-0.05, 0) is 12.5 Å². The van der Waals surface area contributed by atoms with Crippen LogP contribution in [0.4, 0.5) is 0 Å². The predicted molar refractivity (Wildman–Crippen MR) is 93.1 cm³/mol. The molecule has 1 atom stereocenters. The van der Waals surface area contributed by atoms with Crippen LogP contribution in [0, 0.1) is 0 Å². The zero-order valence-corrected chi connectivity index (χ0v) is 14.0. The summed E-state index contributed by atoms with van der Waals surface area (Å²) in [6.45, 7) is 7.36. The van der Waals surface area contributed by atoms with E-state index in [-0.39, 0.29) is 12.0 Å². The number of esters is 1. The Morgan fingerprint density at radius 3 is 2.43 bits per heavy atom. The molecular formula is C17H30N4O2. The van der Waals surface area contributed by atoms with Crippen molar-refractivity contribution < 1.29 is 9.53 Å². The number of carbonyl (C=O) groups is 1. The molecule has 0 aliphatic carbocycles. The van der Waals surface area contributed by atoms with Gasteiger partial charge in [0.1, 0.15) is 6.61 Å². The molecular weight excluding hydrogens is 292 g/mol. The Bertz CT molecular complexity index is 414. The highest BCUT2D eigenvalue weighted by atomic mass is 16.5. The Morgan fingerprint density at radius 1 is 1.09 bits per heavy atom. The van der Waals surface area contributed by atoms with E-state index in [0.717, 1.165) is 38.3 Å². The lowest BCUT2D eigenvalue weighted by Crippen LogP contribution is -2.37. The lowest BCUT2D eigenvalue weighted by Gasteiger charge is -2.14. The van der Waals surface area contributed by atoms with Crippen molar-refractivity contribution in [3.8, 4) is 0 Å². The summed E-state index contributed by atoms with van der Waals surface area (Å²) in [4.78, 5) is 11.8. The van der Waals surface area contributed by atoms with Gasteiger partial charge in [-0.3, -0.25) is 4.79 Å². The van der Waals surface area contributed by atoms with E-state index in [2.05, 4.69) is 16.0 Å². The van der Waals surface area contributed by atoms with Gasteiger partial charge in [0, 0.05) is 45.3 Å². The summed E-state index contributed by atoms with van der Waals surface area (Å²) >= 11 is 0. The molecule has 5 N–H and O–H groups in total. The van der Waals surface area contributed by atoms with Crippen molar-refractivity contribution in [2.75, 3.05) is 39.3 Å². The largest absolute Gasteiger partial charge is 0.461 e. The molecule has 1 aromatic rings. The lowest BCUT2D eigenvalue weighted by atomic mass is 10.2. The van der Waals surface area contributed by atoms with Crippen molar-refractivity contribution in [1.29, 1.82) is 0 Å². The molecule has 0 radical (unpaired) electrons. The van der Waals surface area contributed by atoms with E-state index in [1.54, 1.807) is 0 Å². The first-order valence-corrected chi connectivity index (χ1v) is 8.27. The van der Waals surface area contributed by atoms with Crippen LogP contribution in [0.5, 0.6) is 0 Å². The van der Waals surface area contributed by atoms with Crippen molar-refractivity contribution >= 4 is 5.97 Å². The average Bonchev–Trinajstić information content (AvgIpc) is 2.56. The van der Waals surface area contributed by atoms with E-state index in [0.29, 0.717) is 19.6 Å². The van der Waals surface area contributed by atoms with E-state index >= 15 is 0 Å². The van der Waals surface area contributed by atoms with Crippen LogP contribution in [-0.2, 0) is 16.1 Å². The highest BCUT2D eigenvalue weighted by Crippen LogP contribution is 2.02. The summed E-state index contributed by atoms with van der Waals surface area (Å²) in [5, 5.41) is 9.85. The second-order valence-corrected chi connectivity index (χ2v) is 5.49. The van der Waals surface area contributed by atoms with Gasteiger partial charge in [0.05, 0.1) is 6.42 Å². The topological polar surface area (TPSA) is 88.4 Å². The second kappa shape index (κ2) is 13.0. The lowest BCUT2D eigenvalue weighted by molar-refractivity contribution is -0.145. The van der Waals surface area contributed by atoms with Crippen LogP contribution in [0.15, 0.2) is 30.3 Å². The first kappa shape index (κ1) is 19.6. The number of rotatable bonds is 13. The van der Waals surface area contributed by atoms with Crippen LogP contribution < -0.4 is 21.7 Å². The Balaban J connectivity index is 1.98. The molecule has 6 heteroatoms. The summed E-state index contributed by atoms with van der Waals surface area (Å²) < 4.78 is 5.27. The molecule has 0 aliphatic heterocycles. The first-order chi connectivity index (χ1) is 11.2. The summed E-state index contributed by atoms with van der Waals surface area (Å²) in [6.07, 6.45) is 0.380. The molecule has 0 aliphatic rings. The zero-order valence-electron chi connectivity index (χ0n) is 14.0. The molecule has 0 saturated heterocycles. The van der Waals surface area contributed by atoms with Crippen LogP contribution >= 0.6 is 0 Å². The molecule has 0 spiro atoms. The van der Waals surface area contributed by atoms with Crippen molar-refractivity contribution in [2.45, 2.75) is 26.0 Å². The number of ether oxygens (including phenoxy) is 1. The number of hydrogen-bond acceptors (Lipinski definition) is 6. The summed E-state index contributed by atoms with van der Waals surface area (Å²) in [7, 11) is 0. The monoisotopic (exact) mass is 322 g/mol. The van der Waals surface area contributed by atoms with Crippen molar-refractivity contribution in [1.82, 2.24) is 16.0 Å². The average molecular weight is 322 g/mol. The van der Waals surface area contributed by atoms with Gasteiger partial charge >= 0.3 is 5.97 Å². The minimum absolute atomic E-state index is 0.107. The number of carbonyl (C=O) groups excluding carboxylic acids is 1. The Morgan fingerprint density at radius 2 is 1.74 bits per heavy atom. The van der Waals surface area contributed by atoms with Gasteiger partial charge in [-0.2, -0.15) is 0 Å². The van der Waals surface area contributed by atoms with Gasteiger partial charge in [0.25, 0.3) is 0 Å².